The average Bonchev–Trinajstić information content (AvgIpc) is 2.86. The van der Waals surface area contributed by atoms with Crippen molar-refractivity contribution in [2.45, 2.75) is 39.3 Å². The van der Waals surface area contributed by atoms with E-state index >= 15 is 0 Å². The van der Waals surface area contributed by atoms with Gasteiger partial charge in [-0.25, -0.2) is 0 Å². The van der Waals surface area contributed by atoms with Crippen LogP contribution >= 0.6 is 24.0 Å². The molecule has 0 saturated carbocycles. The number of aliphatic imine (C=N–C) groups is 1. The minimum absolute atomic E-state index is 0. The highest BCUT2D eigenvalue weighted by atomic mass is 127. The fourth-order valence-corrected chi connectivity index (χ4v) is 1.92. The molecule has 1 aromatic rings. The minimum atomic E-state index is 0. The molecule has 0 fully saturated rings. The molecule has 1 rings (SSSR count). The van der Waals surface area contributed by atoms with Crippen molar-refractivity contribution in [3.8, 4) is 0 Å². The summed E-state index contributed by atoms with van der Waals surface area (Å²) in [5, 5.41) is 10.8. The lowest BCUT2D eigenvalue weighted by atomic mass is 10.2. The number of aryl methyl sites for hydroxylation is 1. The molecular formula is C15H31IN6. The van der Waals surface area contributed by atoms with E-state index in [1.165, 1.54) is 6.42 Å². The number of hydrogen-bond donors (Lipinski definition) is 2. The Kier molecular flexibility index (Phi) is 11.3. The lowest BCUT2D eigenvalue weighted by molar-refractivity contribution is 0.268. The van der Waals surface area contributed by atoms with Gasteiger partial charge < -0.3 is 15.5 Å². The molecule has 0 aliphatic heterocycles. The van der Waals surface area contributed by atoms with E-state index in [0.717, 1.165) is 37.7 Å². The number of unbranched alkanes of at least 4 members (excludes halogenated alkanes) is 1. The molecule has 0 aliphatic carbocycles. The van der Waals surface area contributed by atoms with Crippen LogP contribution in [0.2, 0.25) is 0 Å². The van der Waals surface area contributed by atoms with Crippen molar-refractivity contribution in [3.05, 3.63) is 18.0 Å². The topological polar surface area (TPSA) is 57.5 Å². The van der Waals surface area contributed by atoms with E-state index in [-0.39, 0.29) is 24.0 Å². The summed E-state index contributed by atoms with van der Waals surface area (Å²) in [4.78, 5) is 6.60. The zero-order valence-electron chi connectivity index (χ0n) is 14.5. The lowest BCUT2D eigenvalue weighted by Gasteiger charge is -2.20. The van der Waals surface area contributed by atoms with Gasteiger partial charge in [0.15, 0.2) is 5.96 Å². The van der Waals surface area contributed by atoms with Crippen LogP contribution in [-0.4, -0.2) is 53.9 Å². The second-order valence-corrected chi connectivity index (χ2v) is 5.58. The van der Waals surface area contributed by atoms with Gasteiger partial charge in [-0.05, 0) is 46.3 Å². The van der Waals surface area contributed by atoms with E-state index in [1.807, 2.05) is 17.8 Å². The Hall–Kier alpha value is -0.830. The van der Waals surface area contributed by atoms with Crippen LogP contribution < -0.4 is 10.6 Å². The summed E-state index contributed by atoms with van der Waals surface area (Å²) in [5.74, 6) is 0.841. The van der Waals surface area contributed by atoms with Gasteiger partial charge in [0, 0.05) is 32.9 Å². The first-order valence-corrected chi connectivity index (χ1v) is 7.66. The Morgan fingerprint density at radius 1 is 1.36 bits per heavy atom. The van der Waals surface area contributed by atoms with Crippen LogP contribution in [0.25, 0.3) is 0 Å². The molecule has 7 heteroatoms. The third-order valence-corrected chi connectivity index (χ3v) is 3.69. The molecule has 0 unspecified atom stereocenters. The van der Waals surface area contributed by atoms with Crippen LogP contribution in [0.5, 0.6) is 0 Å². The summed E-state index contributed by atoms with van der Waals surface area (Å²) in [6, 6.07) is 2.62. The predicted octanol–water partition coefficient (Wildman–Crippen LogP) is 1.82. The quantitative estimate of drug-likeness (QED) is 0.291. The minimum Gasteiger partial charge on any atom is -0.356 e. The van der Waals surface area contributed by atoms with Crippen LogP contribution in [0.4, 0.5) is 0 Å². The maximum Gasteiger partial charge on any atom is 0.191 e. The van der Waals surface area contributed by atoms with Gasteiger partial charge >= 0.3 is 0 Å². The van der Waals surface area contributed by atoms with E-state index in [0.29, 0.717) is 6.04 Å². The van der Waals surface area contributed by atoms with Crippen molar-refractivity contribution in [2.75, 3.05) is 27.2 Å². The molecule has 0 radical (unpaired) electrons. The molecule has 128 valence electrons. The van der Waals surface area contributed by atoms with Gasteiger partial charge in [-0.15, -0.1) is 24.0 Å². The third kappa shape index (κ3) is 7.98. The van der Waals surface area contributed by atoms with Gasteiger partial charge in [0.05, 0.1) is 12.2 Å². The number of nitrogens with one attached hydrogen (secondary N) is 2. The molecule has 22 heavy (non-hydrogen) atoms. The van der Waals surface area contributed by atoms with E-state index in [1.54, 1.807) is 13.2 Å². The molecule has 0 amide bonds. The highest BCUT2D eigenvalue weighted by Gasteiger charge is 2.03. The Morgan fingerprint density at radius 2 is 2.09 bits per heavy atom. The summed E-state index contributed by atoms with van der Waals surface area (Å²) in [6.07, 6.45) is 4.14. The maximum atomic E-state index is 4.23. The van der Waals surface area contributed by atoms with Gasteiger partial charge in [-0.2, -0.15) is 5.10 Å². The molecular weight excluding hydrogens is 391 g/mol. The van der Waals surface area contributed by atoms with Gasteiger partial charge in [-0.1, -0.05) is 0 Å². The number of guanidine groups is 1. The molecule has 0 spiro atoms. The normalized spacial score (nSPS) is 11.7. The molecule has 2 N–H and O–H groups in total. The Morgan fingerprint density at radius 3 is 2.64 bits per heavy atom. The third-order valence-electron chi connectivity index (χ3n) is 3.69. The second-order valence-electron chi connectivity index (χ2n) is 5.58. The van der Waals surface area contributed by atoms with Crippen molar-refractivity contribution < 1.29 is 0 Å². The van der Waals surface area contributed by atoms with Gasteiger partial charge in [0.1, 0.15) is 0 Å². The summed E-state index contributed by atoms with van der Waals surface area (Å²) < 4.78 is 1.86. The second kappa shape index (κ2) is 11.7. The monoisotopic (exact) mass is 422 g/mol. The van der Waals surface area contributed by atoms with Crippen LogP contribution in [0.15, 0.2) is 17.3 Å². The molecule has 1 aromatic heterocycles. The average molecular weight is 422 g/mol. The molecule has 1 heterocycles. The largest absolute Gasteiger partial charge is 0.356 e. The number of aromatic nitrogens is 2. The predicted molar refractivity (Wildman–Crippen MR) is 104 cm³/mol. The molecule has 0 bridgehead atoms. The number of rotatable bonds is 8. The fraction of sp³-hybridized carbons (Fsp3) is 0.733. The smallest absolute Gasteiger partial charge is 0.191 e. The maximum absolute atomic E-state index is 4.23. The SMILES string of the molecule is CN=C(NCCCCN(C)C(C)C)NCc1ccnn1C.I. The zero-order valence-corrected chi connectivity index (χ0v) is 16.8. The molecule has 0 aliphatic rings. The van der Waals surface area contributed by atoms with Gasteiger partial charge in [-0.3, -0.25) is 9.67 Å². The van der Waals surface area contributed by atoms with Crippen LogP contribution in [-0.2, 0) is 13.6 Å². The summed E-state index contributed by atoms with van der Waals surface area (Å²) >= 11 is 0. The van der Waals surface area contributed by atoms with E-state index in [2.05, 4.69) is 46.5 Å². The first-order chi connectivity index (χ1) is 10.0. The van der Waals surface area contributed by atoms with E-state index < -0.39 is 0 Å². The first kappa shape index (κ1) is 21.2. The molecule has 6 nitrogen and oxygen atoms in total. The Balaban J connectivity index is 0.00000441. The molecule has 0 aromatic carbocycles. The Labute approximate surface area is 151 Å². The van der Waals surface area contributed by atoms with Crippen LogP contribution in [0.1, 0.15) is 32.4 Å². The summed E-state index contributed by atoms with van der Waals surface area (Å²) in [5.41, 5.74) is 1.14. The van der Waals surface area contributed by atoms with Crippen LogP contribution in [0, 0.1) is 0 Å². The standard InChI is InChI=1S/C15H30N6.HI/c1-13(2)20(4)11-7-6-9-17-15(16-3)18-12-14-8-10-19-21(14)5;/h8,10,13H,6-7,9,11-12H2,1-5H3,(H2,16,17,18);1H. The summed E-state index contributed by atoms with van der Waals surface area (Å²) in [6.45, 7) is 7.26. The van der Waals surface area contributed by atoms with Gasteiger partial charge in [0.25, 0.3) is 0 Å². The van der Waals surface area contributed by atoms with Crippen molar-refractivity contribution in [3.63, 3.8) is 0 Å². The van der Waals surface area contributed by atoms with Crippen molar-refractivity contribution in [1.82, 2.24) is 25.3 Å². The highest BCUT2D eigenvalue weighted by Crippen LogP contribution is 1.97. The number of hydrogen-bond acceptors (Lipinski definition) is 3. The number of halogens is 1. The lowest BCUT2D eigenvalue weighted by Crippen LogP contribution is -2.38. The van der Waals surface area contributed by atoms with Crippen molar-refractivity contribution in [1.29, 1.82) is 0 Å². The van der Waals surface area contributed by atoms with E-state index in [9.17, 15) is 0 Å². The molecule has 0 atom stereocenters. The molecule has 0 saturated heterocycles. The van der Waals surface area contributed by atoms with Crippen molar-refractivity contribution in [2.24, 2.45) is 12.0 Å². The Bertz CT molecular complexity index is 429. The zero-order chi connectivity index (χ0) is 15.7. The fourth-order valence-electron chi connectivity index (χ4n) is 1.92. The highest BCUT2D eigenvalue weighted by molar-refractivity contribution is 14.0. The number of nitrogens with zero attached hydrogens (tertiary/aromatic N) is 4. The van der Waals surface area contributed by atoms with E-state index in [4.69, 9.17) is 0 Å². The first-order valence-electron chi connectivity index (χ1n) is 7.66. The summed E-state index contributed by atoms with van der Waals surface area (Å²) in [7, 11) is 5.91. The van der Waals surface area contributed by atoms with Gasteiger partial charge in [0.2, 0.25) is 0 Å². The van der Waals surface area contributed by atoms with Crippen molar-refractivity contribution >= 4 is 29.9 Å². The van der Waals surface area contributed by atoms with Crippen LogP contribution in [0.3, 0.4) is 0 Å².